The fourth-order valence-corrected chi connectivity index (χ4v) is 1.64. The van der Waals surface area contributed by atoms with Crippen LogP contribution in [0.2, 0.25) is 0 Å². The topological polar surface area (TPSA) is 84.9 Å². The van der Waals surface area contributed by atoms with E-state index in [1.165, 1.54) is 13.3 Å². The van der Waals surface area contributed by atoms with E-state index in [2.05, 4.69) is 15.2 Å². The predicted molar refractivity (Wildman–Crippen MR) is 53.3 cm³/mol. The zero-order valence-electron chi connectivity index (χ0n) is 8.39. The van der Waals surface area contributed by atoms with Gasteiger partial charge in [-0.1, -0.05) is 11.8 Å². The summed E-state index contributed by atoms with van der Waals surface area (Å²) in [5.41, 5.74) is 0. The van der Waals surface area contributed by atoms with Crippen LogP contribution in [-0.2, 0) is 14.3 Å². The maximum Gasteiger partial charge on any atom is 0.327 e. The number of esters is 1. The molecule has 0 spiro atoms. The molecule has 1 aromatic heterocycles. The van der Waals surface area contributed by atoms with E-state index in [-0.39, 0.29) is 12.4 Å². The van der Waals surface area contributed by atoms with E-state index < -0.39 is 11.2 Å². The second-order valence-electron chi connectivity index (χ2n) is 2.65. The first kappa shape index (κ1) is 11.7. The van der Waals surface area contributed by atoms with E-state index in [0.29, 0.717) is 5.16 Å². The van der Waals surface area contributed by atoms with Gasteiger partial charge in [0.25, 0.3) is 0 Å². The Morgan fingerprint density at radius 1 is 1.67 bits per heavy atom. The monoisotopic (exact) mass is 229 g/mol. The van der Waals surface area contributed by atoms with Crippen molar-refractivity contribution in [2.75, 3.05) is 6.61 Å². The number of H-pyrrole nitrogens is 1. The zero-order chi connectivity index (χ0) is 11.3. The lowest BCUT2D eigenvalue weighted by molar-refractivity contribution is -0.144. The van der Waals surface area contributed by atoms with Crippen molar-refractivity contribution >= 4 is 23.5 Å². The third kappa shape index (κ3) is 3.35. The number of hydrogen-bond acceptors (Lipinski definition) is 6. The minimum atomic E-state index is -0.877. The molecular weight excluding hydrogens is 218 g/mol. The van der Waals surface area contributed by atoms with Gasteiger partial charge in [-0.2, -0.15) is 5.10 Å². The minimum absolute atomic E-state index is 0.250. The number of Topliss-reactive ketones (excluding diaryl/α,β-unsaturated/α-hetero) is 1. The van der Waals surface area contributed by atoms with Gasteiger partial charge in [-0.25, -0.2) is 4.98 Å². The van der Waals surface area contributed by atoms with Crippen LogP contribution < -0.4 is 0 Å². The number of hydrogen-bond donors (Lipinski definition) is 1. The molecule has 0 bridgehead atoms. The Labute approximate surface area is 90.8 Å². The molecule has 1 aromatic rings. The molecule has 7 heteroatoms. The van der Waals surface area contributed by atoms with Crippen LogP contribution in [0.5, 0.6) is 0 Å². The largest absolute Gasteiger partial charge is 0.465 e. The van der Waals surface area contributed by atoms with Gasteiger partial charge in [-0.3, -0.25) is 14.7 Å². The number of nitrogens with zero attached hydrogens (tertiary/aromatic N) is 2. The molecule has 0 radical (unpaired) electrons. The van der Waals surface area contributed by atoms with E-state index in [9.17, 15) is 9.59 Å². The van der Waals surface area contributed by atoms with Crippen molar-refractivity contribution in [2.24, 2.45) is 0 Å². The molecule has 1 rings (SSSR count). The third-order valence-electron chi connectivity index (χ3n) is 1.49. The summed E-state index contributed by atoms with van der Waals surface area (Å²) in [6.45, 7) is 3.28. The molecule has 1 unspecified atom stereocenters. The highest BCUT2D eigenvalue weighted by molar-refractivity contribution is 8.01. The first-order chi connectivity index (χ1) is 7.15. The molecule has 0 saturated carbocycles. The van der Waals surface area contributed by atoms with Gasteiger partial charge in [0, 0.05) is 0 Å². The standard InChI is InChI=1S/C8H11N3O3S/c1-3-14-7(13)6(5(2)12)15-8-9-4-10-11-8/h4,6H,3H2,1-2H3,(H,9,10,11). The van der Waals surface area contributed by atoms with Gasteiger partial charge in [0.1, 0.15) is 6.33 Å². The highest BCUT2D eigenvalue weighted by Crippen LogP contribution is 2.20. The van der Waals surface area contributed by atoms with Crippen LogP contribution in [0.3, 0.4) is 0 Å². The molecule has 0 aromatic carbocycles. The lowest BCUT2D eigenvalue weighted by atomic mass is 10.3. The first-order valence-corrected chi connectivity index (χ1v) is 5.22. The maximum atomic E-state index is 11.4. The fraction of sp³-hybridized carbons (Fsp3) is 0.500. The van der Waals surface area contributed by atoms with Crippen LogP contribution in [0.4, 0.5) is 0 Å². The summed E-state index contributed by atoms with van der Waals surface area (Å²) in [7, 11) is 0. The Kier molecular flexibility index (Phi) is 4.29. The molecule has 15 heavy (non-hydrogen) atoms. The normalized spacial score (nSPS) is 12.1. The fourth-order valence-electron chi connectivity index (χ4n) is 0.878. The van der Waals surface area contributed by atoms with Crippen molar-refractivity contribution in [3.05, 3.63) is 6.33 Å². The van der Waals surface area contributed by atoms with Crippen molar-refractivity contribution in [2.45, 2.75) is 24.3 Å². The number of aromatic nitrogens is 3. The molecular formula is C8H11N3O3S. The Hall–Kier alpha value is -1.37. The number of nitrogens with one attached hydrogen (secondary N) is 1. The molecule has 6 nitrogen and oxygen atoms in total. The second kappa shape index (κ2) is 5.50. The SMILES string of the molecule is CCOC(=O)C(Sc1ncn[nH]1)C(C)=O. The lowest BCUT2D eigenvalue weighted by Crippen LogP contribution is -2.27. The molecule has 1 N–H and O–H groups in total. The molecule has 1 heterocycles. The molecule has 0 aliphatic rings. The van der Waals surface area contributed by atoms with E-state index >= 15 is 0 Å². The van der Waals surface area contributed by atoms with Crippen molar-refractivity contribution in [1.29, 1.82) is 0 Å². The highest BCUT2D eigenvalue weighted by Gasteiger charge is 2.26. The highest BCUT2D eigenvalue weighted by atomic mass is 32.2. The Morgan fingerprint density at radius 3 is 2.87 bits per heavy atom. The summed E-state index contributed by atoms with van der Waals surface area (Å²) < 4.78 is 4.77. The number of thioether (sulfide) groups is 1. The van der Waals surface area contributed by atoms with Gasteiger partial charge >= 0.3 is 5.97 Å². The summed E-state index contributed by atoms with van der Waals surface area (Å²) in [6, 6.07) is 0. The van der Waals surface area contributed by atoms with Crippen LogP contribution in [0.1, 0.15) is 13.8 Å². The maximum absolute atomic E-state index is 11.4. The molecule has 0 aliphatic heterocycles. The Bertz CT molecular complexity index is 339. The minimum Gasteiger partial charge on any atom is -0.465 e. The summed E-state index contributed by atoms with van der Waals surface area (Å²) in [5.74, 6) is -0.818. The van der Waals surface area contributed by atoms with Crippen molar-refractivity contribution in [3.63, 3.8) is 0 Å². The van der Waals surface area contributed by atoms with Crippen LogP contribution in [-0.4, -0.2) is 38.8 Å². The molecule has 0 amide bonds. The smallest absolute Gasteiger partial charge is 0.327 e. The third-order valence-corrected chi connectivity index (χ3v) is 2.67. The number of carbonyl (C=O) groups is 2. The molecule has 0 aliphatic carbocycles. The zero-order valence-corrected chi connectivity index (χ0v) is 9.21. The summed E-state index contributed by atoms with van der Waals surface area (Å²) in [4.78, 5) is 26.4. The summed E-state index contributed by atoms with van der Waals surface area (Å²) >= 11 is 0.998. The predicted octanol–water partition coefficient (Wildman–Crippen LogP) is 0.417. The van der Waals surface area contributed by atoms with Crippen molar-refractivity contribution in [1.82, 2.24) is 15.2 Å². The van der Waals surface area contributed by atoms with Crippen molar-refractivity contribution in [3.8, 4) is 0 Å². The van der Waals surface area contributed by atoms with E-state index in [1.807, 2.05) is 0 Å². The number of rotatable bonds is 5. The van der Waals surface area contributed by atoms with Crippen molar-refractivity contribution < 1.29 is 14.3 Å². The van der Waals surface area contributed by atoms with Gasteiger partial charge in [0.15, 0.2) is 16.2 Å². The van der Waals surface area contributed by atoms with Gasteiger partial charge in [-0.15, -0.1) is 0 Å². The van der Waals surface area contributed by atoms with Crippen LogP contribution in [0.15, 0.2) is 11.5 Å². The number of ether oxygens (including phenoxy) is 1. The van der Waals surface area contributed by atoms with Crippen LogP contribution in [0.25, 0.3) is 0 Å². The summed E-state index contributed by atoms with van der Waals surface area (Å²) in [5, 5.41) is 5.72. The Balaban J connectivity index is 2.66. The van der Waals surface area contributed by atoms with Gasteiger partial charge < -0.3 is 4.74 Å². The molecule has 0 fully saturated rings. The number of ketones is 1. The van der Waals surface area contributed by atoms with Gasteiger partial charge in [-0.05, 0) is 13.8 Å². The molecule has 82 valence electrons. The Morgan fingerprint density at radius 2 is 2.40 bits per heavy atom. The number of aromatic amines is 1. The van der Waals surface area contributed by atoms with E-state index in [1.54, 1.807) is 6.92 Å². The van der Waals surface area contributed by atoms with Crippen LogP contribution in [0, 0.1) is 0 Å². The van der Waals surface area contributed by atoms with Crippen LogP contribution >= 0.6 is 11.8 Å². The van der Waals surface area contributed by atoms with E-state index in [4.69, 9.17) is 4.74 Å². The number of carbonyl (C=O) groups excluding carboxylic acids is 2. The second-order valence-corrected chi connectivity index (χ2v) is 3.75. The van der Waals surface area contributed by atoms with E-state index in [0.717, 1.165) is 11.8 Å². The lowest BCUT2D eigenvalue weighted by Gasteiger charge is -2.09. The quantitative estimate of drug-likeness (QED) is 0.447. The molecule has 0 saturated heterocycles. The average Bonchev–Trinajstić information content (AvgIpc) is 2.66. The molecule has 1 atom stereocenters. The average molecular weight is 229 g/mol. The van der Waals surface area contributed by atoms with Gasteiger partial charge in [0.2, 0.25) is 0 Å². The first-order valence-electron chi connectivity index (χ1n) is 4.34. The summed E-state index contributed by atoms with van der Waals surface area (Å²) in [6.07, 6.45) is 1.31. The van der Waals surface area contributed by atoms with Gasteiger partial charge in [0.05, 0.1) is 6.61 Å².